The third-order valence-corrected chi connectivity index (χ3v) is 6.16. The molecule has 3 aromatic rings. The van der Waals surface area contributed by atoms with E-state index in [-0.39, 0.29) is 12.3 Å². The molecule has 0 aromatic heterocycles. The SMILES string of the molecule is COc1ccc(CN2C(=O)C(O)=C(c3ccc(C)cc3)[C@@H]2c2cccc(Br)c2)c(OC)c1. The second-order valence-corrected chi connectivity index (χ2v) is 8.61. The van der Waals surface area contributed by atoms with Gasteiger partial charge in [-0.1, -0.05) is 57.9 Å². The monoisotopic (exact) mass is 493 g/mol. The molecule has 4 rings (SSSR count). The van der Waals surface area contributed by atoms with Gasteiger partial charge in [0.15, 0.2) is 5.76 Å². The van der Waals surface area contributed by atoms with E-state index in [9.17, 15) is 9.90 Å². The second-order valence-electron chi connectivity index (χ2n) is 7.70. The van der Waals surface area contributed by atoms with Gasteiger partial charge in [0, 0.05) is 21.7 Å². The minimum atomic E-state index is -0.450. The molecular formula is C26H24BrNO4. The molecule has 1 heterocycles. The number of carbonyl (C=O) groups excluding carboxylic acids is 1. The Kier molecular flexibility index (Phi) is 6.24. The summed E-state index contributed by atoms with van der Waals surface area (Å²) in [5.74, 6) is 0.645. The Morgan fingerprint density at radius 2 is 1.75 bits per heavy atom. The smallest absolute Gasteiger partial charge is 0.290 e. The van der Waals surface area contributed by atoms with Crippen LogP contribution in [0.1, 0.15) is 28.3 Å². The number of amides is 1. The van der Waals surface area contributed by atoms with Crippen LogP contribution in [0.3, 0.4) is 0 Å². The van der Waals surface area contributed by atoms with E-state index >= 15 is 0 Å². The highest BCUT2D eigenvalue weighted by molar-refractivity contribution is 9.10. The summed E-state index contributed by atoms with van der Waals surface area (Å²) in [5.41, 5.74) is 4.24. The van der Waals surface area contributed by atoms with Gasteiger partial charge in [-0.25, -0.2) is 0 Å². The van der Waals surface area contributed by atoms with Crippen LogP contribution in [0.15, 0.2) is 77.0 Å². The average molecular weight is 494 g/mol. The molecule has 0 fully saturated rings. The number of rotatable bonds is 6. The molecule has 1 aliphatic rings. The maximum absolute atomic E-state index is 13.3. The molecule has 0 radical (unpaired) electrons. The molecule has 32 heavy (non-hydrogen) atoms. The van der Waals surface area contributed by atoms with Gasteiger partial charge < -0.3 is 19.5 Å². The van der Waals surface area contributed by atoms with Gasteiger partial charge in [0.2, 0.25) is 0 Å². The topological polar surface area (TPSA) is 59.0 Å². The number of hydrogen-bond donors (Lipinski definition) is 1. The number of ether oxygens (including phenoxy) is 2. The summed E-state index contributed by atoms with van der Waals surface area (Å²) in [4.78, 5) is 15.0. The number of hydrogen-bond acceptors (Lipinski definition) is 4. The highest BCUT2D eigenvalue weighted by Gasteiger charge is 2.41. The van der Waals surface area contributed by atoms with E-state index < -0.39 is 11.9 Å². The van der Waals surface area contributed by atoms with Crippen molar-refractivity contribution >= 4 is 27.4 Å². The second kappa shape index (κ2) is 9.09. The highest BCUT2D eigenvalue weighted by atomic mass is 79.9. The minimum Gasteiger partial charge on any atom is -0.503 e. The number of aliphatic hydroxyl groups is 1. The Balaban J connectivity index is 1.81. The molecule has 1 atom stereocenters. The molecule has 3 aromatic carbocycles. The minimum absolute atomic E-state index is 0.230. The zero-order chi connectivity index (χ0) is 22.8. The van der Waals surface area contributed by atoms with Crippen molar-refractivity contribution in [3.63, 3.8) is 0 Å². The summed E-state index contributed by atoms with van der Waals surface area (Å²) in [7, 11) is 3.18. The summed E-state index contributed by atoms with van der Waals surface area (Å²) in [6.45, 7) is 2.27. The van der Waals surface area contributed by atoms with E-state index in [1.165, 1.54) is 0 Å². The van der Waals surface area contributed by atoms with Gasteiger partial charge in [0.05, 0.1) is 26.8 Å². The first-order chi connectivity index (χ1) is 15.4. The Hall–Kier alpha value is -3.25. The van der Waals surface area contributed by atoms with Crippen molar-refractivity contribution in [2.75, 3.05) is 14.2 Å². The van der Waals surface area contributed by atoms with Gasteiger partial charge in [-0.15, -0.1) is 0 Å². The van der Waals surface area contributed by atoms with Crippen molar-refractivity contribution in [3.05, 3.63) is 99.2 Å². The van der Waals surface area contributed by atoms with Gasteiger partial charge in [0.25, 0.3) is 5.91 Å². The van der Waals surface area contributed by atoms with Gasteiger partial charge in [-0.05, 0) is 42.3 Å². The number of nitrogens with zero attached hydrogens (tertiary/aromatic N) is 1. The van der Waals surface area contributed by atoms with E-state index in [0.717, 1.165) is 26.7 Å². The third-order valence-electron chi connectivity index (χ3n) is 5.67. The fraction of sp³-hybridized carbons (Fsp3) is 0.192. The molecule has 0 unspecified atom stereocenters. The first-order valence-electron chi connectivity index (χ1n) is 10.2. The van der Waals surface area contributed by atoms with Crippen LogP contribution < -0.4 is 9.47 Å². The van der Waals surface area contributed by atoms with Gasteiger partial charge in [-0.2, -0.15) is 0 Å². The number of halogens is 1. The summed E-state index contributed by atoms with van der Waals surface area (Å²) in [6, 6.07) is 20.7. The Labute approximate surface area is 196 Å². The molecule has 0 saturated carbocycles. The van der Waals surface area contributed by atoms with E-state index in [0.29, 0.717) is 17.1 Å². The van der Waals surface area contributed by atoms with Crippen molar-refractivity contribution in [1.29, 1.82) is 0 Å². The van der Waals surface area contributed by atoms with Crippen LogP contribution in [0.5, 0.6) is 11.5 Å². The maximum atomic E-state index is 13.3. The zero-order valence-corrected chi connectivity index (χ0v) is 19.7. The number of aliphatic hydroxyl groups excluding tert-OH is 1. The van der Waals surface area contributed by atoms with Crippen molar-refractivity contribution in [3.8, 4) is 11.5 Å². The van der Waals surface area contributed by atoms with Crippen molar-refractivity contribution in [2.45, 2.75) is 19.5 Å². The molecule has 6 heteroatoms. The average Bonchev–Trinajstić information content (AvgIpc) is 3.05. The number of aryl methyl sites for hydroxylation is 1. The number of carbonyl (C=O) groups is 1. The van der Waals surface area contributed by atoms with E-state index in [1.807, 2.05) is 67.6 Å². The molecule has 1 amide bonds. The number of methoxy groups -OCH3 is 2. The quantitative estimate of drug-likeness (QED) is 0.469. The normalized spacial score (nSPS) is 15.9. The lowest BCUT2D eigenvalue weighted by atomic mass is 9.93. The molecular weight excluding hydrogens is 470 g/mol. The Morgan fingerprint density at radius 3 is 2.41 bits per heavy atom. The first kappa shape index (κ1) is 22.0. The summed E-state index contributed by atoms with van der Waals surface area (Å²) in [5, 5.41) is 11.0. The van der Waals surface area contributed by atoms with Crippen LogP contribution in [0.25, 0.3) is 5.57 Å². The lowest BCUT2D eigenvalue weighted by Crippen LogP contribution is -2.30. The summed E-state index contributed by atoms with van der Waals surface area (Å²) < 4.78 is 11.7. The predicted octanol–water partition coefficient (Wildman–Crippen LogP) is 5.83. The van der Waals surface area contributed by atoms with Crippen LogP contribution in [0.2, 0.25) is 0 Å². The summed E-state index contributed by atoms with van der Waals surface area (Å²) >= 11 is 3.53. The van der Waals surface area contributed by atoms with Crippen LogP contribution in [-0.2, 0) is 11.3 Å². The van der Waals surface area contributed by atoms with Crippen LogP contribution in [0.4, 0.5) is 0 Å². The zero-order valence-electron chi connectivity index (χ0n) is 18.1. The van der Waals surface area contributed by atoms with E-state index in [4.69, 9.17) is 9.47 Å². The Morgan fingerprint density at radius 1 is 1.00 bits per heavy atom. The maximum Gasteiger partial charge on any atom is 0.290 e. The molecule has 0 spiro atoms. The third kappa shape index (κ3) is 4.10. The summed E-state index contributed by atoms with van der Waals surface area (Å²) in [6.07, 6.45) is 0. The predicted molar refractivity (Wildman–Crippen MR) is 128 cm³/mol. The molecule has 0 bridgehead atoms. The first-order valence-corrected chi connectivity index (χ1v) is 11.0. The largest absolute Gasteiger partial charge is 0.503 e. The van der Waals surface area contributed by atoms with Gasteiger partial charge in [-0.3, -0.25) is 4.79 Å². The molecule has 5 nitrogen and oxygen atoms in total. The molecule has 0 aliphatic carbocycles. The Bertz CT molecular complexity index is 1190. The lowest BCUT2D eigenvalue weighted by Gasteiger charge is -2.28. The molecule has 1 aliphatic heterocycles. The van der Waals surface area contributed by atoms with E-state index in [1.54, 1.807) is 25.2 Å². The van der Waals surface area contributed by atoms with Crippen LogP contribution >= 0.6 is 15.9 Å². The van der Waals surface area contributed by atoms with Crippen LogP contribution in [0, 0.1) is 6.92 Å². The molecule has 0 saturated heterocycles. The lowest BCUT2D eigenvalue weighted by molar-refractivity contribution is -0.130. The number of benzene rings is 3. The van der Waals surface area contributed by atoms with Gasteiger partial charge >= 0.3 is 0 Å². The van der Waals surface area contributed by atoms with Crippen LogP contribution in [-0.4, -0.2) is 30.1 Å². The van der Waals surface area contributed by atoms with Crippen molar-refractivity contribution in [2.24, 2.45) is 0 Å². The van der Waals surface area contributed by atoms with Gasteiger partial charge in [0.1, 0.15) is 11.5 Å². The fourth-order valence-electron chi connectivity index (χ4n) is 4.03. The molecule has 1 N–H and O–H groups in total. The standard InChI is InChI=1S/C26H24BrNO4/c1-16-7-9-17(10-8-16)23-24(18-5-4-6-20(27)13-18)28(26(30)25(23)29)15-19-11-12-21(31-2)14-22(19)32-3/h4-14,24,29H,15H2,1-3H3/t24-/m0/s1. The fourth-order valence-corrected chi connectivity index (χ4v) is 4.45. The van der Waals surface area contributed by atoms with E-state index in [2.05, 4.69) is 15.9 Å². The van der Waals surface area contributed by atoms with Crippen molar-refractivity contribution < 1.29 is 19.4 Å². The molecule has 164 valence electrons. The van der Waals surface area contributed by atoms with Crippen molar-refractivity contribution in [1.82, 2.24) is 4.90 Å². The highest BCUT2D eigenvalue weighted by Crippen LogP contribution is 2.45.